The molecule has 3 amide bonds. The van der Waals surface area contributed by atoms with Gasteiger partial charge in [0, 0.05) is 26.2 Å². The standard InChI is InChI=1S/C21H31N3O4/c1-16-7-5-8-17(13-16)14-18(25)23-9-6-10-24(12-11-23)19(26)15-22-20(27)28-21(2,3)4/h5,7-8,13H,6,9-12,14-15H2,1-4H3,(H,22,27). The highest BCUT2D eigenvalue weighted by atomic mass is 16.6. The average molecular weight is 389 g/mol. The number of aryl methyl sites for hydroxylation is 1. The molecule has 1 aromatic rings. The van der Waals surface area contributed by atoms with Crippen LogP contribution in [0, 0.1) is 6.92 Å². The molecule has 1 aliphatic heterocycles. The van der Waals surface area contributed by atoms with Crippen molar-refractivity contribution in [3.8, 4) is 0 Å². The Labute approximate surface area is 167 Å². The van der Waals surface area contributed by atoms with Crippen LogP contribution in [0.25, 0.3) is 0 Å². The number of benzene rings is 1. The molecule has 0 aromatic heterocycles. The molecule has 28 heavy (non-hydrogen) atoms. The lowest BCUT2D eigenvalue weighted by Crippen LogP contribution is -2.43. The summed E-state index contributed by atoms with van der Waals surface area (Å²) in [7, 11) is 0. The molecular formula is C21H31N3O4. The van der Waals surface area contributed by atoms with Gasteiger partial charge in [0.05, 0.1) is 6.42 Å². The summed E-state index contributed by atoms with van der Waals surface area (Å²) in [4.78, 5) is 40.2. The smallest absolute Gasteiger partial charge is 0.408 e. The van der Waals surface area contributed by atoms with Crippen molar-refractivity contribution in [2.24, 2.45) is 0 Å². The van der Waals surface area contributed by atoms with Crippen LogP contribution in [0.3, 0.4) is 0 Å². The van der Waals surface area contributed by atoms with E-state index < -0.39 is 11.7 Å². The number of carbonyl (C=O) groups is 3. The summed E-state index contributed by atoms with van der Waals surface area (Å²) in [5.74, 6) is -0.0920. The lowest BCUT2D eigenvalue weighted by molar-refractivity contribution is -0.132. The Morgan fingerprint density at radius 1 is 1.04 bits per heavy atom. The van der Waals surface area contributed by atoms with Crippen LogP contribution in [0.1, 0.15) is 38.3 Å². The summed E-state index contributed by atoms with van der Waals surface area (Å²) < 4.78 is 5.14. The molecule has 7 heteroatoms. The highest BCUT2D eigenvalue weighted by Crippen LogP contribution is 2.10. The molecule has 1 heterocycles. The number of nitrogens with one attached hydrogen (secondary N) is 1. The van der Waals surface area contributed by atoms with E-state index in [0.29, 0.717) is 32.6 Å². The van der Waals surface area contributed by atoms with E-state index in [1.807, 2.05) is 36.1 Å². The monoisotopic (exact) mass is 389 g/mol. The molecule has 0 atom stereocenters. The number of nitrogens with zero attached hydrogens (tertiary/aromatic N) is 2. The Hall–Kier alpha value is -2.57. The van der Waals surface area contributed by atoms with Gasteiger partial charge in [0.1, 0.15) is 12.1 Å². The minimum Gasteiger partial charge on any atom is -0.444 e. The third-order valence-corrected chi connectivity index (χ3v) is 4.42. The van der Waals surface area contributed by atoms with Crippen LogP contribution in [0.15, 0.2) is 24.3 Å². The molecule has 0 saturated carbocycles. The second-order valence-corrected chi connectivity index (χ2v) is 8.14. The molecule has 0 bridgehead atoms. The van der Waals surface area contributed by atoms with E-state index in [2.05, 4.69) is 5.32 Å². The quantitative estimate of drug-likeness (QED) is 0.856. The molecular weight excluding hydrogens is 358 g/mol. The number of ether oxygens (including phenoxy) is 1. The molecule has 1 saturated heterocycles. The number of carbonyl (C=O) groups excluding carboxylic acids is 3. The van der Waals surface area contributed by atoms with Crippen LogP contribution in [-0.2, 0) is 20.7 Å². The Bertz CT molecular complexity index is 712. The molecule has 1 aromatic carbocycles. The van der Waals surface area contributed by atoms with Gasteiger partial charge in [-0.25, -0.2) is 4.79 Å². The van der Waals surface area contributed by atoms with Gasteiger partial charge < -0.3 is 19.9 Å². The van der Waals surface area contributed by atoms with Crippen molar-refractivity contribution < 1.29 is 19.1 Å². The number of rotatable bonds is 4. The number of hydrogen-bond acceptors (Lipinski definition) is 4. The van der Waals surface area contributed by atoms with Crippen molar-refractivity contribution in [3.05, 3.63) is 35.4 Å². The third kappa shape index (κ3) is 7.21. The first-order valence-electron chi connectivity index (χ1n) is 9.72. The lowest BCUT2D eigenvalue weighted by atomic mass is 10.1. The van der Waals surface area contributed by atoms with Gasteiger partial charge in [-0.3, -0.25) is 9.59 Å². The molecule has 1 aliphatic rings. The van der Waals surface area contributed by atoms with Gasteiger partial charge >= 0.3 is 6.09 Å². The van der Waals surface area contributed by atoms with Crippen molar-refractivity contribution in [3.63, 3.8) is 0 Å². The van der Waals surface area contributed by atoms with Gasteiger partial charge in [0.15, 0.2) is 0 Å². The zero-order valence-corrected chi connectivity index (χ0v) is 17.3. The largest absolute Gasteiger partial charge is 0.444 e. The Morgan fingerprint density at radius 2 is 1.68 bits per heavy atom. The summed E-state index contributed by atoms with van der Waals surface area (Å²) in [6.07, 6.45) is 0.485. The van der Waals surface area contributed by atoms with Crippen LogP contribution in [0.4, 0.5) is 4.79 Å². The highest BCUT2D eigenvalue weighted by Gasteiger charge is 2.23. The molecule has 7 nitrogen and oxygen atoms in total. The first-order chi connectivity index (χ1) is 13.1. The lowest BCUT2D eigenvalue weighted by Gasteiger charge is -2.23. The van der Waals surface area contributed by atoms with Gasteiger partial charge in [-0.2, -0.15) is 0 Å². The fourth-order valence-electron chi connectivity index (χ4n) is 3.10. The van der Waals surface area contributed by atoms with Crippen molar-refractivity contribution >= 4 is 17.9 Å². The van der Waals surface area contributed by atoms with Gasteiger partial charge in [-0.05, 0) is 39.7 Å². The maximum absolute atomic E-state index is 12.6. The van der Waals surface area contributed by atoms with Crippen LogP contribution in [0.2, 0.25) is 0 Å². The predicted molar refractivity (Wildman–Crippen MR) is 107 cm³/mol. The van der Waals surface area contributed by atoms with Gasteiger partial charge in [0.2, 0.25) is 11.8 Å². The van der Waals surface area contributed by atoms with Crippen LogP contribution in [0.5, 0.6) is 0 Å². The minimum absolute atomic E-state index is 0.0757. The van der Waals surface area contributed by atoms with E-state index in [1.165, 1.54) is 0 Å². The highest BCUT2D eigenvalue weighted by molar-refractivity contribution is 5.82. The second kappa shape index (κ2) is 9.57. The molecule has 154 valence electrons. The topological polar surface area (TPSA) is 79.0 Å². The predicted octanol–water partition coefficient (Wildman–Crippen LogP) is 2.12. The zero-order valence-electron chi connectivity index (χ0n) is 17.3. The molecule has 0 radical (unpaired) electrons. The zero-order chi connectivity index (χ0) is 20.7. The molecule has 1 N–H and O–H groups in total. The number of amides is 3. The van der Waals surface area contributed by atoms with Crippen LogP contribution < -0.4 is 5.32 Å². The summed E-state index contributed by atoms with van der Waals surface area (Å²) in [6.45, 7) is 9.39. The summed E-state index contributed by atoms with van der Waals surface area (Å²) in [6, 6.07) is 7.95. The maximum atomic E-state index is 12.6. The molecule has 0 aliphatic carbocycles. The number of hydrogen-bond donors (Lipinski definition) is 1. The van der Waals surface area contributed by atoms with E-state index >= 15 is 0 Å². The number of alkyl carbamates (subject to hydrolysis) is 1. The van der Waals surface area contributed by atoms with Gasteiger partial charge in [-0.15, -0.1) is 0 Å². The molecule has 0 spiro atoms. The SMILES string of the molecule is Cc1cccc(CC(=O)N2CCCN(C(=O)CNC(=O)OC(C)(C)C)CC2)c1. The summed E-state index contributed by atoms with van der Waals surface area (Å²) in [5, 5.41) is 2.50. The normalized spacial score (nSPS) is 15.0. The first-order valence-corrected chi connectivity index (χ1v) is 9.72. The maximum Gasteiger partial charge on any atom is 0.408 e. The minimum atomic E-state index is -0.606. The Morgan fingerprint density at radius 3 is 2.29 bits per heavy atom. The summed E-state index contributed by atoms with van der Waals surface area (Å²) >= 11 is 0. The van der Waals surface area contributed by atoms with Crippen molar-refractivity contribution in [1.82, 2.24) is 15.1 Å². The molecule has 0 unspecified atom stereocenters. The van der Waals surface area contributed by atoms with Crippen molar-refractivity contribution in [2.45, 2.75) is 46.1 Å². The van der Waals surface area contributed by atoms with Crippen LogP contribution >= 0.6 is 0 Å². The van der Waals surface area contributed by atoms with E-state index in [-0.39, 0.29) is 18.4 Å². The Kier molecular flexibility index (Phi) is 7.43. The van der Waals surface area contributed by atoms with E-state index in [1.54, 1.807) is 25.7 Å². The van der Waals surface area contributed by atoms with Crippen LogP contribution in [-0.4, -0.2) is 66.0 Å². The van der Waals surface area contributed by atoms with E-state index in [4.69, 9.17) is 4.74 Å². The fraction of sp³-hybridized carbons (Fsp3) is 0.571. The van der Waals surface area contributed by atoms with E-state index in [0.717, 1.165) is 17.5 Å². The first kappa shape index (κ1) is 21.7. The molecule has 1 fully saturated rings. The van der Waals surface area contributed by atoms with Gasteiger partial charge in [-0.1, -0.05) is 29.8 Å². The third-order valence-electron chi connectivity index (χ3n) is 4.42. The Balaban J connectivity index is 1.81. The molecule has 2 rings (SSSR count). The van der Waals surface area contributed by atoms with E-state index in [9.17, 15) is 14.4 Å². The van der Waals surface area contributed by atoms with Crippen molar-refractivity contribution in [2.75, 3.05) is 32.7 Å². The van der Waals surface area contributed by atoms with Gasteiger partial charge in [0.25, 0.3) is 0 Å². The second-order valence-electron chi connectivity index (χ2n) is 8.14. The summed E-state index contributed by atoms with van der Waals surface area (Å²) in [5.41, 5.74) is 1.53. The fourth-order valence-corrected chi connectivity index (χ4v) is 3.10. The van der Waals surface area contributed by atoms with Crippen molar-refractivity contribution in [1.29, 1.82) is 0 Å². The average Bonchev–Trinajstić information content (AvgIpc) is 2.84.